The number of hydrogen-bond donors (Lipinski definition) is 1. The van der Waals surface area contributed by atoms with Gasteiger partial charge in [-0.25, -0.2) is 9.78 Å². The molecular weight excluding hydrogens is 334 g/mol. The first kappa shape index (κ1) is 17.0. The number of thiazole rings is 1. The molecule has 0 fully saturated rings. The predicted octanol–water partition coefficient (Wildman–Crippen LogP) is 4.88. The molecular formula is C19H19N3O2S. The van der Waals surface area contributed by atoms with Crippen LogP contribution in [-0.4, -0.2) is 24.7 Å². The molecule has 3 aromatic rings. The van der Waals surface area contributed by atoms with E-state index < -0.39 is 0 Å². The van der Waals surface area contributed by atoms with Crippen LogP contribution in [0.3, 0.4) is 0 Å². The van der Waals surface area contributed by atoms with Gasteiger partial charge in [0.25, 0.3) is 0 Å². The van der Waals surface area contributed by atoms with Crippen LogP contribution >= 0.6 is 11.3 Å². The van der Waals surface area contributed by atoms with Gasteiger partial charge in [-0.05, 0) is 19.1 Å². The minimum atomic E-state index is -0.235. The fourth-order valence-corrected chi connectivity index (χ4v) is 3.32. The Morgan fingerprint density at radius 3 is 2.60 bits per heavy atom. The molecule has 1 N–H and O–H groups in total. The van der Waals surface area contributed by atoms with E-state index in [0.29, 0.717) is 23.1 Å². The van der Waals surface area contributed by atoms with Gasteiger partial charge < -0.3 is 10.1 Å². The standard InChI is InChI=1S/C19H19N3O2S/c1-3-22(18(23)20-15-11-7-8-12-17(15)24-2)19-21-16(13-25-19)14-9-5-4-6-10-14/h4-13H,3H2,1-2H3,(H,20,23). The number of amides is 2. The molecule has 0 aliphatic carbocycles. The Morgan fingerprint density at radius 2 is 1.88 bits per heavy atom. The van der Waals surface area contributed by atoms with Gasteiger partial charge in [-0.3, -0.25) is 4.90 Å². The van der Waals surface area contributed by atoms with Gasteiger partial charge in [-0.2, -0.15) is 0 Å². The van der Waals surface area contributed by atoms with Crippen LogP contribution < -0.4 is 15.0 Å². The van der Waals surface area contributed by atoms with E-state index >= 15 is 0 Å². The second-order valence-electron chi connectivity index (χ2n) is 5.26. The van der Waals surface area contributed by atoms with Crippen LogP contribution in [0, 0.1) is 0 Å². The molecule has 0 aliphatic rings. The molecule has 0 saturated carbocycles. The summed E-state index contributed by atoms with van der Waals surface area (Å²) in [6.45, 7) is 2.44. The number of methoxy groups -OCH3 is 1. The lowest BCUT2D eigenvalue weighted by Crippen LogP contribution is -2.34. The van der Waals surface area contributed by atoms with E-state index in [-0.39, 0.29) is 6.03 Å². The SMILES string of the molecule is CCN(C(=O)Nc1ccccc1OC)c1nc(-c2ccccc2)cs1. The van der Waals surface area contributed by atoms with Gasteiger partial charge >= 0.3 is 6.03 Å². The Labute approximate surface area is 150 Å². The molecule has 0 aliphatic heterocycles. The first-order valence-electron chi connectivity index (χ1n) is 7.95. The molecule has 0 atom stereocenters. The largest absolute Gasteiger partial charge is 0.495 e. The highest BCUT2D eigenvalue weighted by Gasteiger charge is 2.19. The Hall–Kier alpha value is -2.86. The van der Waals surface area contributed by atoms with Crippen LogP contribution in [-0.2, 0) is 0 Å². The lowest BCUT2D eigenvalue weighted by Gasteiger charge is -2.19. The molecule has 5 nitrogen and oxygen atoms in total. The molecule has 6 heteroatoms. The fraction of sp³-hybridized carbons (Fsp3) is 0.158. The zero-order chi connectivity index (χ0) is 17.6. The zero-order valence-corrected chi connectivity index (χ0v) is 14.9. The number of ether oxygens (including phenoxy) is 1. The molecule has 0 radical (unpaired) electrons. The molecule has 1 aromatic heterocycles. The fourth-order valence-electron chi connectivity index (χ4n) is 2.43. The van der Waals surface area contributed by atoms with Gasteiger partial charge in [-0.1, -0.05) is 42.5 Å². The number of para-hydroxylation sites is 2. The van der Waals surface area contributed by atoms with Gasteiger partial charge in [0.15, 0.2) is 5.13 Å². The average molecular weight is 353 g/mol. The molecule has 0 bridgehead atoms. The van der Waals surface area contributed by atoms with Crippen molar-refractivity contribution in [3.63, 3.8) is 0 Å². The highest BCUT2D eigenvalue weighted by Crippen LogP contribution is 2.29. The summed E-state index contributed by atoms with van der Waals surface area (Å²) in [7, 11) is 1.58. The number of anilines is 2. The van der Waals surface area contributed by atoms with Crippen molar-refractivity contribution in [3.8, 4) is 17.0 Å². The van der Waals surface area contributed by atoms with E-state index in [2.05, 4.69) is 10.3 Å². The molecule has 0 spiro atoms. The minimum Gasteiger partial charge on any atom is -0.495 e. The van der Waals surface area contributed by atoms with Gasteiger partial charge in [0, 0.05) is 17.5 Å². The number of rotatable bonds is 5. The van der Waals surface area contributed by atoms with Crippen LogP contribution in [0.15, 0.2) is 60.0 Å². The summed E-state index contributed by atoms with van der Waals surface area (Å²) in [5, 5.41) is 5.51. The van der Waals surface area contributed by atoms with Gasteiger partial charge in [-0.15, -0.1) is 11.3 Å². The van der Waals surface area contributed by atoms with E-state index in [1.807, 2.05) is 66.9 Å². The maximum absolute atomic E-state index is 12.7. The van der Waals surface area contributed by atoms with Gasteiger partial charge in [0.1, 0.15) is 5.75 Å². The van der Waals surface area contributed by atoms with Crippen molar-refractivity contribution in [2.24, 2.45) is 0 Å². The van der Waals surface area contributed by atoms with Crippen molar-refractivity contribution < 1.29 is 9.53 Å². The first-order valence-corrected chi connectivity index (χ1v) is 8.83. The second-order valence-corrected chi connectivity index (χ2v) is 6.09. The lowest BCUT2D eigenvalue weighted by atomic mass is 10.2. The van der Waals surface area contributed by atoms with Crippen LogP contribution in [0.25, 0.3) is 11.3 Å². The highest BCUT2D eigenvalue weighted by molar-refractivity contribution is 7.14. The second kappa shape index (κ2) is 7.81. The normalized spacial score (nSPS) is 10.3. The third kappa shape index (κ3) is 3.80. The number of aromatic nitrogens is 1. The summed E-state index contributed by atoms with van der Waals surface area (Å²) in [5.74, 6) is 0.621. The Kier molecular flexibility index (Phi) is 5.30. The predicted molar refractivity (Wildman–Crippen MR) is 103 cm³/mol. The molecule has 2 amide bonds. The van der Waals surface area contributed by atoms with Gasteiger partial charge in [0.05, 0.1) is 18.5 Å². The van der Waals surface area contributed by atoms with Crippen LogP contribution in [0.5, 0.6) is 5.75 Å². The molecule has 1 heterocycles. The maximum Gasteiger partial charge on any atom is 0.328 e. The van der Waals surface area contributed by atoms with Crippen molar-refractivity contribution in [2.75, 3.05) is 23.9 Å². The van der Waals surface area contributed by atoms with E-state index in [9.17, 15) is 4.79 Å². The van der Waals surface area contributed by atoms with Crippen LogP contribution in [0.1, 0.15) is 6.92 Å². The topological polar surface area (TPSA) is 54.5 Å². The number of nitrogens with zero attached hydrogens (tertiary/aromatic N) is 2. The molecule has 0 saturated heterocycles. The number of carbonyl (C=O) groups is 1. The smallest absolute Gasteiger partial charge is 0.328 e. The third-order valence-electron chi connectivity index (χ3n) is 3.70. The Morgan fingerprint density at radius 1 is 1.16 bits per heavy atom. The quantitative estimate of drug-likeness (QED) is 0.711. The van der Waals surface area contributed by atoms with Crippen molar-refractivity contribution in [2.45, 2.75) is 6.92 Å². The number of hydrogen-bond acceptors (Lipinski definition) is 4. The molecule has 0 unspecified atom stereocenters. The lowest BCUT2D eigenvalue weighted by molar-refractivity contribution is 0.257. The third-order valence-corrected chi connectivity index (χ3v) is 4.57. The van der Waals surface area contributed by atoms with Crippen molar-refractivity contribution in [1.29, 1.82) is 0 Å². The number of nitrogens with one attached hydrogen (secondary N) is 1. The monoisotopic (exact) mass is 353 g/mol. The zero-order valence-electron chi connectivity index (χ0n) is 14.1. The number of benzene rings is 2. The summed E-state index contributed by atoms with van der Waals surface area (Å²) >= 11 is 1.45. The average Bonchev–Trinajstić information content (AvgIpc) is 3.13. The van der Waals surface area contributed by atoms with E-state index in [1.54, 1.807) is 12.0 Å². The van der Waals surface area contributed by atoms with E-state index in [1.165, 1.54) is 11.3 Å². The van der Waals surface area contributed by atoms with Crippen molar-refractivity contribution >= 4 is 28.2 Å². The number of carbonyl (C=O) groups excluding carboxylic acids is 1. The summed E-state index contributed by atoms with van der Waals surface area (Å²) in [4.78, 5) is 18.9. The van der Waals surface area contributed by atoms with Crippen LogP contribution in [0.2, 0.25) is 0 Å². The number of urea groups is 1. The summed E-state index contributed by atoms with van der Waals surface area (Å²) in [6.07, 6.45) is 0. The molecule has 128 valence electrons. The Balaban J connectivity index is 1.80. The van der Waals surface area contributed by atoms with Crippen molar-refractivity contribution in [3.05, 3.63) is 60.0 Å². The molecule has 25 heavy (non-hydrogen) atoms. The summed E-state index contributed by atoms with van der Waals surface area (Å²) < 4.78 is 5.28. The van der Waals surface area contributed by atoms with E-state index in [4.69, 9.17) is 4.74 Å². The highest BCUT2D eigenvalue weighted by atomic mass is 32.1. The summed E-state index contributed by atoms with van der Waals surface area (Å²) in [6, 6.07) is 17.0. The molecule has 2 aromatic carbocycles. The minimum absolute atomic E-state index is 0.235. The Bertz CT molecular complexity index is 849. The van der Waals surface area contributed by atoms with Gasteiger partial charge in [0.2, 0.25) is 0 Å². The summed E-state index contributed by atoms with van der Waals surface area (Å²) in [5.41, 5.74) is 2.53. The maximum atomic E-state index is 12.7. The van der Waals surface area contributed by atoms with Crippen molar-refractivity contribution in [1.82, 2.24) is 4.98 Å². The first-order chi connectivity index (χ1) is 12.2. The van der Waals surface area contributed by atoms with Crippen LogP contribution in [0.4, 0.5) is 15.6 Å². The molecule has 3 rings (SSSR count). The van der Waals surface area contributed by atoms with E-state index in [0.717, 1.165) is 11.3 Å².